The lowest BCUT2D eigenvalue weighted by atomic mass is 9.89. The maximum absolute atomic E-state index is 5.93. The minimum atomic E-state index is 0.275. The fraction of sp³-hybridized carbons (Fsp3) is 0.500. The largest absolute Gasteiger partial charge is 0.494 e. The molecule has 2 N–H and O–H groups in total. The van der Waals surface area contributed by atoms with Crippen molar-refractivity contribution in [3.8, 4) is 17.1 Å². The lowest BCUT2D eigenvalue weighted by molar-refractivity contribution is 0.00248. The summed E-state index contributed by atoms with van der Waals surface area (Å²) in [6.45, 7) is 2.53. The summed E-state index contributed by atoms with van der Waals surface area (Å²) in [6, 6.07) is 5.84. The van der Waals surface area contributed by atoms with Gasteiger partial charge in [0.15, 0.2) is 5.82 Å². The zero-order valence-electron chi connectivity index (χ0n) is 12.2. The average Bonchev–Trinajstić information content (AvgIpc) is 2.86. The molecule has 0 spiro atoms. The van der Waals surface area contributed by atoms with Gasteiger partial charge in [0.1, 0.15) is 5.75 Å². The fourth-order valence-electron chi connectivity index (χ4n) is 2.56. The molecular weight excluding hydrogens is 270 g/mol. The molecule has 1 heterocycles. The van der Waals surface area contributed by atoms with Crippen molar-refractivity contribution in [1.82, 2.24) is 20.2 Å². The van der Waals surface area contributed by atoms with Crippen LogP contribution in [0, 0.1) is 0 Å². The second-order valence-corrected chi connectivity index (χ2v) is 5.15. The third-order valence-corrected chi connectivity index (χ3v) is 3.74. The minimum Gasteiger partial charge on any atom is -0.494 e. The number of methoxy groups -OCH3 is 1. The van der Waals surface area contributed by atoms with Crippen LogP contribution in [-0.4, -0.2) is 40.0 Å². The highest BCUT2D eigenvalue weighted by Crippen LogP contribution is 2.36. The predicted molar refractivity (Wildman–Crippen MR) is 77.9 cm³/mol. The van der Waals surface area contributed by atoms with Crippen molar-refractivity contribution in [1.29, 1.82) is 0 Å². The summed E-state index contributed by atoms with van der Waals surface area (Å²) in [5.41, 5.74) is 7.43. The highest BCUT2D eigenvalue weighted by Gasteiger charge is 2.33. The second kappa shape index (κ2) is 5.69. The molecule has 1 aliphatic carbocycles. The van der Waals surface area contributed by atoms with E-state index in [2.05, 4.69) is 15.5 Å². The highest BCUT2D eigenvalue weighted by molar-refractivity contribution is 5.64. The van der Waals surface area contributed by atoms with Crippen LogP contribution >= 0.6 is 0 Å². The Kier molecular flexibility index (Phi) is 3.74. The van der Waals surface area contributed by atoms with Gasteiger partial charge in [-0.3, -0.25) is 0 Å². The van der Waals surface area contributed by atoms with Crippen LogP contribution in [0.4, 0.5) is 5.69 Å². The molecule has 2 aromatic rings. The fourth-order valence-corrected chi connectivity index (χ4v) is 2.56. The topological polar surface area (TPSA) is 88.1 Å². The molecule has 0 unspecified atom stereocenters. The number of ether oxygens (including phenoxy) is 2. The standard InChI is InChI=1S/C14H19N5O2/c1-3-21-13-5-9(4-10(15)6-13)14-16-17-18-19(14)11-7-12(8-11)20-2/h4-6,11-12H,3,7-8,15H2,1-2H3. The van der Waals surface area contributed by atoms with E-state index >= 15 is 0 Å². The number of aromatic nitrogens is 4. The van der Waals surface area contributed by atoms with Gasteiger partial charge in [-0.25, -0.2) is 4.68 Å². The van der Waals surface area contributed by atoms with E-state index in [1.54, 1.807) is 13.2 Å². The summed E-state index contributed by atoms with van der Waals surface area (Å²) < 4.78 is 12.7. The molecule has 112 valence electrons. The van der Waals surface area contributed by atoms with Crippen LogP contribution in [0.5, 0.6) is 5.75 Å². The monoisotopic (exact) mass is 289 g/mol. The number of hydrogen-bond donors (Lipinski definition) is 1. The lowest BCUT2D eigenvalue weighted by Gasteiger charge is -2.34. The number of benzene rings is 1. The van der Waals surface area contributed by atoms with E-state index in [1.165, 1.54) is 0 Å². The Balaban J connectivity index is 1.89. The molecule has 1 fully saturated rings. The number of hydrogen-bond acceptors (Lipinski definition) is 6. The van der Waals surface area contributed by atoms with E-state index in [0.29, 0.717) is 24.2 Å². The highest BCUT2D eigenvalue weighted by atomic mass is 16.5. The van der Waals surface area contributed by atoms with Crippen LogP contribution in [0.1, 0.15) is 25.8 Å². The molecule has 1 aromatic heterocycles. The van der Waals surface area contributed by atoms with Gasteiger partial charge in [0, 0.05) is 24.4 Å². The Bertz CT molecular complexity index is 622. The Morgan fingerprint density at radius 2 is 2.14 bits per heavy atom. The number of nitrogen functional groups attached to an aromatic ring is 1. The van der Waals surface area contributed by atoms with E-state index in [-0.39, 0.29) is 6.04 Å². The van der Waals surface area contributed by atoms with Gasteiger partial charge in [-0.05, 0) is 42.3 Å². The number of anilines is 1. The summed E-state index contributed by atoms with van der Waals surface area (Å²) in [6.07, 6.45) is 2.15. The predicted octanol–water partition coefficient (Wildman–Crippen LogP) is 1.67. The van der Waals surface area contributed by atoms with E-state index in [0.717, 1.165) is 24.2 Å². The van der Waals surface area contributed by atoms with E-state index < -0.39 is 0 Å². The maximum atomic E-state index is 5.93. The summed E-state index contributed by atoms with van der Waals surface area (Å²) in [7, 11) is 1.73. The molecule has 1 aromatic carbocycles. The first-order valence-electron chi connectivity index (χ1n) is 7.05. The average molecular weight is 289 g/mol. The third kappa shape index (κ3) is 2.69. The number of rotatable bonds is 5. The van der Waals surface area contributed by atoms with E-state index in [9.17, 15) is 0 Å². The maximum Gasteiger partial charge on any atom is 0.182 e. The first-order valence-corrected chi connectivity index (χ1v) is 7.05. The Morgan fingerprint density at radius 1 is 1.33 bits per heavy atom. The van der Waals surface area contributed by atoms with Gasteiger partial charge in [0.05, 0.1) is 18.8 Å². The van der Waals surface area contributed by atoms with E-state index in [1.807, 2.05) is 23.7 Å². The number of nitrogens with two attached hydrogens (primary N) is 1. The van der Waals surface area contributed by atoms with Crippen LogP contribution in [-0.2, 0) is 4.74 Å². The molecule has 0 aliphatic heterocycles. The first kappa shape index (κ1) is 13.8. The van der Waals surface area contributed by atoms with Crippen LogP contribution < -0.4 is 10.5 Å². The SMILES string of the molecule is CCOc1cc(N)cc(-c2nnnn2C2CC(OC)C2)c1. The van der Waals surface area contributed by atoms with Gasteiger partial charge < -0.3 is 15.2 Å². The van der Waals surface area contributed by atoms with Crippen LogP contribution in [0.25, 0.3) is 11.4 Å². The summed E-state index contributed by atoms with van der Waals surface area (Å²) in [5.74, 6) is 1.44. The Labute approximate surface area is 123 Å². The molecular formula is C14H19N5O2. The van der Waals surface area contributed by atoms with Gasteiger partial charge >= 0.3 is 0 Å². The van der Waals surface area contributed by atoms with Gasteiger partial charge in [0.25, 0.3) is 0 Å². The van der Waals surface area contributed by atoms with Gasteiger partial charge in [0.2, 0.25) is 0 Å². The summed E-state index contributed by atoms with van der Waals surface area (Å²) in [5, 5.41) is 12.0. The van der Waals surface area contributed by atoms with Crippen molar-refractivity contribution in [2.75, 3.05) is 19.5 Å². The third-order valence-electron chi connectivity index (χ3n) is 3.74. The molecule has 1 saturated carbocycles. The van der Waals surface area contributed by atoms with Crippen molar-refractivity contribution in [2.24, 2.45) is 0 Å². The molecule has 21 heavy (non-hydrogen) atoms. The molecule has 0 atom stereocenters. The summed E-state index contributed by atoms with van der Waals surface area (Å²) >= 11 is 0. The molecule has 1 aliphatic rings. The molecule has 0 bridgehead atoms. The van der Waals surface area contributed by atoms with Crippen molar-refractivity contribution in [3.63, 3.8) is 0 Å². The van der Waals surface area contributed by atoms with Crippen LogP contribution in [0.3, 0.4) is 0 Å². The first-order chi connectivity index (χ1) is 10.2. The van der Waals surface area contributed by atoms with Crippen LogP contribution in [0.2, 0.25) is 0 Å². The molecule has 7 nitrogen and oxygen atoms in total. The van der Waals surface area contributed by atoms with Crippen molar-refractivity contribution in [2.45, 2.75) is 31.9 Å². The smallest absolute Gasteiger partial charge is 0.182 e. The molecule has 0 amide bonds. The zero-order valence-corrected chi connectivity index (χ0v) is 12.2. The van der Waals surface area contributed by atoms with Gasteiger partial charge in [-0.2, -0.15) is 0 Å². The normalized spacial score (nSPS) is 21.0. The zero-order chi connectivity index (χ0) is 14.8. The molecule has 0 radical (unpaired) electrons. The molecule has 3 rings (SSSR count). The summed E-state index contributed by atoms with van der Waals surface area (Å²) in [4.78, 5) is 0. The van der Waals surface area contributed by atoms with Gasteiger partial charge in [-0.1, -0.05) is 0 Å². The van der Waals surface area contributed by atoms with E-state index in [4.69, 9.17) is 15.2 Å². The lowest BCUT2D eigenvalue weighted by Crippen LogP contribution is -2.33. The van der Waals surface area contributed by atoms with Crippen LogP contribution in [0.15, 0.2) is 18.2 Å². The minimum absolute atomic E-state index is 0.275. The quantitative estimate of drug-likeness (QED) is 0.842. The molecule has 7 heteroatoms. The van der Waals surface area contributed by atoms with Gasteiger partial charge in [-0.15, -0.1) is 5.10 Å². The number of tetrazole rings is 1. The second-order valence-electron chi connectivity index (χ2n) is 5.15. The number of nitrogens with zero attached hydrogens (tertiary/aromatic N) is 4. The Hall–Kier alpha value is -2.15. The van der Waals surface area contributed by atoms with Crippen molar-refractivity contribution < 1.29 is 9.47 Å². The Morgan fingerprint density at radius 3 is 2.86 bits per heavy atom. The van der Waals surface area contributed by atoms with Crippen molar-refractivity contribution >= 4 is 5.69 Å². The van der Waals surface area contributed by atoms with Crippen molar-refractivity contribution in [3.05, 3.63) is 18.2 Å². The molecule has 0 saturated heterocycles.